The van der Waals surface area contributed by atoms with Crippen LogP contribution in [0.3, 0.4) is 0 Å². The predicted octanol–water partition coefficient (Wildman–Crippen LogP) is 8.09. The molecule has 140 valence electrons. The van der Waals surface area contributed by atoms with Gasteiger partial charge in [-0.3, -0.25) is 0 Å². The molecule has 1 unspecified atom stereocenters. The van der Waals surface area contributed by atoms with Crippen LogP contribution < -0.4 is 0 Å². The number of hydrogen-bond donors (Lipinski definition) is 0. The summed E-state index contributed by atoms with van der Waals surface area (Å²) in [5.41, 5.74) is 2.07. The van der Waals surface area contributed by atoms with Gasteiger partial charge in [0, 0.05) is 6.42 Å². The summed E-state index contributed by atoms with van der Waals surface area (Å²) >= 11 is 0. The lowest BCUT2D eigenvalue weighted by atomic mass is 9.80. The van der Waals surface area contributed by atoms with Crippen LogP contribution in [0.5, 0.6) is 0 Å². The Kier molecular flexibility index (Phi) is 8.72. The van der Waals surface area contributed by atoms with Crippen molar-refractivity contribution in [2.45, 2.75) is 84.5 Å². The van der Waals surface area contributed by atoms with Crippen molar-refractivity contribution in [2.24, 2.45) is 17.8 Å². The SMILES string of the molecule is C=C(/C=C\C(C)C1CCCCC1)C/C(F)=C\C(=C/C)C1CCCCC1. The molecule has 2 rings (SSSR count). The largest absolute Gasteiger partial charge is 0.211 e. The van der Waals surface area contributed by atoms with Crippen LogP contribution in [-0.2, 0) is 0 Å². The molecule has 0 aromatic rings. The Bertz CT molecular complexity index is 496. The minimum atomic E-state index is -0.0429. The highest BCUT2D eigenvalue weighted by Crippen LogP contribution is 2.32. The molecule has 0 aliphatic heterocycles. The third-order valence-electron chi connectivity index (χ3n) is 6.16. The molecule has 2 saturated carbocycles. The number of hydrogen-bond acceptors (Lipinski definition) is 0. The van der Waals surface area contributed by atoms with E-state index in [0.717, 1.165) is 11.5 Å². The molecular weight excluding hydrogens is 307 g/mol. The van der Waals surface area contributed by atoms with Gasteiger partial charge in [-0.15, -0.1) is 0 Å². The van der Waals surface area contributed by atoms with E-state index < -0.39 is 0 Å². The number of allylic oxidation sites excluding steroid dienone is 7. The zero-order valence-electron chi connectivity index (χ0n) is 16.4. The second kappa shape index (κ2) is 10.8. The van der Waals surface area contributed by atoms with Crippen LogP contribution in [-0.4, -0.2) is 0 Å². The summed E-state index contributed by atoms with van der Waals surface area (Å²) in [5, 5.41) is 0. The summed E-state index contributed by atoms with van der Waals surface area (Å²) in [4.78, 5) is 0. The Morgan fingerprint density at radius 1 is 1.04 bits per heavy atom. The minimum absolute atomic E-state index is 0.0429. The van der Waals surface area contributed by atoms with E-state index in [2.05, 4.69) is 31.7 Å². The minimum Gasteiger partial charge on any atom is -0.211 e. The molecule has 2 aliphatic carbocycles. The lowest BCUT2D eigenvalue weighted by Crippen LogP contribution is -2.13. The Hall–Kier alpha value is -1.11. The van der Waals surface area contributed by atoms with Crippen LogP contribution >= 0.6 is 0 Å². The topological polar surface area (TPSA) is 0 Å². The van der Waals surface area contributed by atoms with Crippen LogP contribution in [0.1, 0.15) is 84.5 Å². The van der Waals surface area contributed by atoms with Gasteiger partial charge in [0.05, 0.1) is 0 Å². The first-order valence-electron chi connectivity index (χ1n) is 10.5. The van der Waals surface area contributed by atoms with Crippen LogP contribution in [0.25, 0.3) is 0 Å². The fourth-order valence-corrected chi connectivity index (χ4v) is 4.49. The van der Waals surface area contributed by atoms with Gasteiger partial charge in [-0.05, 0) is 67.6 Å². The third-order valence-corrected chi connectivity index (χ3v) is 6.16. The summed E-state index contributed by atoms with van der Waals surface area (Å²) in [5.74, 6) is 1.90. The Morgan fingerprint density at radius 2 is 1.64 bits per heavy atom. The summed E-state index contributed by atoms with van der Waals surface area (Å²) < 4.78 is 14.5. The van der Waals surface area contributed by atoms with E-state index in [-0.39, 0.29) is 5.83 Å². The lowest BCUT2D eigenvalue weighted by molar-refractivity contribution is 0.300. The van der Waals surface area contributed by atoms with Crippen LogP contribution in [0, 0.1) is 17.8 Å². The molecule has 1 atom stereocenters. The van der Waals surface area contributed by atoms with Crippen molar-refractivity contribution in [1.82, 2.24) is 0 Å². The fourth-order valence-electron chi connectivity index (χ4n) is 4.49. The molecular formula is C24H37F. The van der Waals surface area contributed by atoms with Crippen molar-refractivity contribution < 1.29 is 4.39 Å². The maximum absolute atomic E-state index is 14.5. The molecule has 25 heavy (non-hydrogen) atoms. The van der Waals surface area contributed by atoms with Crippen molar-refractivity contribution in [3.63, 3.8) is 0 Å². The van der Waals surface area contributed by atoms with E-state index in [1.807, 2.05) is 6.92 Å². The molecule has 2 aliphatic rings. The first-order valence-corrected chi connectivity index (χ1v) is 10.5. The molecule has 0 amide bonds. The second-order valence-corrected chi connectivity index (χ2v) is 8.17. The van der Waals surface area contributed by atoms with Crippen molar-refractivity contribution in [3.05, 3.63) is 47.9 Å². The van der Waals surface area contributed by atoms with Crippen molar-refractivity contribution >= 4 is 0 Å². The van der Waals surface area contributed by atoms with Crippen LogP contribution in [0.2, 0.25) is 0 Å². The average Bonchev–Trinajstić information content (AvgIpc) is 2.65. The lowest BCUT2D eigenvalue weighted by Gasteiger charge is -2.25. The van der Waals surface area contributed by atoms with Gasteiger partial charge in [0.25, 0.3) is 0 Å². The summed E-state index contributed by atoms with van der Waals surface area (Å²) in [6.45, 7) is 8.40. The normalized spacial score (nSPS) is 23.2. The molecule has 0 radical (unpaired) electrons. The van der Waals surface area contributed by atoms with Gasteiger partial charge in [-0.25, -0.2) is 4.39 Å². The summed E-state index contributed by atoms with van der Waals surface area (Å²) in [6.07, 6.45) is 21.7. The molecule has 0 bridgehead atoms. The van der Waals surface area contributed by atoms with E-state index in [9.17, 15) is 4.39 Å². The zero-order chi connectivity index (χ0) is 18.1. The molecule has 0 nitrogen and oxygen atoms in total. The highest BCUT2D eigenvalue weighted by molar-refractivity contribution is 5.28. The fraction of sp³-hybridized carbons (Fsp3) is 0.667. The van der Waals surface area contributed by atoms with Gasteiger partial charge in [0.2, 0.25) is 0 Å². The summed E-state index contributed by atoms with van der Waals surface area (Å²) in [7, 11) is 0. The molecule has 0 aromatic carbocycles. The quantitative estimate of drug-likeness (QED) is 0.409. The molecule has 0 spiro atoms. The van der Waals surface area contributed by atoms with Gasteiger partial charge >= 0.3 is 0 Å². The monoisotopic (exact) mass is 344 g/mol. The molecule has 1 heteroatoms. The Labute approximate surface area is 155 Å². The van der Waals surface area contributed by atoms with Crippen LogP contribution in [0.4, 0.5) is 4.39 Å². The first-order chi connectivity index (χ1) is 12.1. The van der Waals surface area contributed by atoms with Gasteiger partial charge < -0.3 is 0 Å². The van der Waals surface area contributed by atoms with E-state index in [4.69, 9.17) is 0 Å². The Morgan fingerprint density at radius 3 is 2.24 bits per heavy atom. The zero-order valence-corrected chi connectivity index (χ0v) is 16.4. The summed E-state index contributed by atoms with van der Waals surface area (Å²) in [6, 6.07) is 0. The molecule has 2 fully saturated rings. The van der Waals surface area contributed by atoms with Crippen LogP contribution in [0.15, 0.2) is 47.9 Å². The molecule has 0 heterocycles. The van der Waals surface area contributed by atoms with E-state index in [0.29, 0.717) is 18.3 Å². The van der Waals surface area contributed by atoms with Crippen molar-refractivity contribution in [2.75, 3.05) is 0 Å². The number of halogens is 1. The second-order valence-electron chi connectivity index (χ2n) is 8.17. The van der Waals surface area contributed by atoms with Crippen molar-refractivity contribution in [1.29, 1.82) is 0 Å². The van der Waals surface area contributed by atoms with E-state index in [1.165, 1.54) is 69.8 Å². The van der Waals surface area contributed by atoms with Gasteiger partial charge in [0.1, 0.15) is 5.83 Å². The van der Waals surface area contributed by atoms with Gasteiger partial charge in [0.15, 0.2) is 0 Å². The maximum Gasteiger partial charge on any atom is 0.105 e. The average molecular weight is 345 g/mol. The maximum atomic E-state index is 14.5. The highest BCUT2D eigenvalue weighted by atomic mass is 19.1. The smallest absolute Gasteiger partial charge is 0.105 e. The third kappa shape index (κ3) is 6.96. The van der Waals surface area contributed by atoms with E-state index in [1.54, 1.807) is 6.08 Å². The molecule has 0 aromatic heterocycles. The highest BCUT2D eigenvalue weighted by Gasteiger charge is 2.18. The molecule has 0 N–H and O–H groups in total. The first kappa shape index (κ1) is 20.2. The predicted molar refractivity (Wildman–Crippen MR) is 108 cm³/mol. The number of rotatable bonds is 7. The van der Waals surface area contributed by atoms with Gasteiger partial charge in [-0.2, -0.15) is 0 Å². The van der Waals surface area contributed by atoms with Gasteiger partial charge in [-0.1, -0.05) is 70.3 Å². The Balaban J connectivity index is 1.84. The van der Waals surface area contributed by atoms with E-state index >= 15 is 0 Å². The van der Waals surface area contributed by atoms with Crippen molar-refractivity contribution in [3.8, 4) is 0 Å². The molecule has 0 saturated heterocycles. The standard InChI is InChI=1S/C24H37F/c1-4-21(23-13-9-6-10-14-23)18-24(25)17-19(2)15-16-20(3)22-11-7-5-8-12-22/h4,15-16,18,20,22-23H,2,5-14,17H2,1,3H3/b16-15-,21-4+,24-18+.